The fourth-order valence-corrected chi connectivity index (χ4v) is 1.73. The van der Waals surface area contributed by atoms with Crippen molar-refractivity contribution in [3.63, 3.8) is 0 Å². The van der Waals surface area contributed by atoms with E-state index >= 15 is 0 Å². The van der Waals surface area contributed by atoms with Gasteiger partial charge >= 0.3 is 29.6 Å². The second kappa shape index (κ2) is 4.94. The summed E-state index contributed by atoms with van der Waals surface area (Å²) >= 11 is 0. The van der Waals surface area contributed by atoms with Crippen LogP contribution >= 0.6 is 0 Å². The summed E-state index contributed by atoms with van der Waals surface area (Å²) in [5.41, 5.74) is 0. The Labute approximate surface area is 106 Å². The van der Waals surface area contributed by atoms with Gasteiger partial charge in [0.05, 0.1) is 4.90 Å². The molecule has 0 amide bonds. The van der Waals surface area contributed by atoms with E-state index in [9.17, 15) is 8.42 Å². The molecule has 0 aliphatic rings. The van der Waals surface area contributed by atoms with Gasteiger partial charge in [0, 0.05) is 0 Å². The third-order valence-corrected chi connectivity index (χ3v) is 2.64. The van der Waals surface area contributed by atoms with E-state index in [0.29, 0.717) is 4.90 Å². The molecule has 2 rings (SSSR count). The van der Waals surface area contributed by atoms with Gasteiger partial charge in [-0.25, -0.2) is 8.42 Å². The van der Waals surface area contributed by atoms with E-state index in [2.05, 4.69) is 0 Å². The molecule has 0 spiro atoms. The van der Waals surface area contributed by atoms with Crippen molar-refractivity contribution in [1.82, 2.24) is 0 Å². The van der Waals surface area contributed by atoms with Crippen LogP contribution in [-0.2, 0) is 10.7 Å². The third-order valence-electron chi connectivity index (χ3n) is 1.94. The number of benzene rings is 2. The molecule has 14 heavy (non-hydrogen) atoms. The minimum atomic E-state index is -2.47. The van der Waals surface area contributed by atoms with Crippen molar-refractivity contribution in [1.29, 1.82) is 0 Å². The summed E-state index contributed by atoms with van der Waals surface area (Å²) in [6.07, 6.45) is 0. The van der Waals surface area contributed by atoms with Gasteiger partial charge in [-0.3, -0.25) is 0 Å². The zero-order valence-corrected chi connectivity index (χ0v) is 7.70. The van der Waals surface area contributed by atoms with Gasteiger partial charge in [-0.05, 0) is 22.9 Å². The van der Waals surface area contributed by atoms with Crippen molar-refractivity contribution >= 4 is 51.0 Å². The summed E-state index contributed by atoms with van der Waals surface area (Å²) in [7, 11) is -2.47. The second-order valence-corrected chi connectivity index (χ2v) is 3.82. The average molecular weight is 216 g/mol. The fourth-order valence-electron chi connectivity index (χ4n) is 1.29. The molecule has 68 valence electrons. The predicted molar refractivity (Wildman–Crippen MR) is 59.7 cm³/mol. The topological polar surface area (TPSA) is 34.1 Å². The van der Waals surface area contributed by atoms with Crippen LogP contribution in [0.5, 0.6) is 0 Å². The van der Waals surface area contributed by atoms with E-state index in [1.165, 1.54) is 0 Å². The quantitative estimate of drug-likeness (QED) is 0.573. The summed E-state index contributed by atoms with van der Waals surface area (Å²) in [5.74, 6) is 0. The average Bonchev–Trinajstić information content (AvgIpc) is 2.17. The summed E-state index contributed by atoms with van der Waals surface area (Å²) in [6.45, 7) is 0. The van der Waals surface area contributed by atoms with Crippen LogP contribution in [0.15, 0.2) is 47.4 Å². The van der Waals surface area contributed by atoms with Crippen LogP contribution in [-0.4, -0.2) is 38.0 Å². The number of thiol groups is 1. The first kappa shape index (κ1) is 11.7. The molecule has 2 nitrogen and oxygen atoms in total. The number of rotatable bonds is 1. The molecule has 4 heteroatoms. The molecule has 0 N–H and O–H groups in total. The molecule has 0 unspecified atom stereocenters. The van der Waals surface area contributed by atoms with Gasteiger partial charge in [-0.1, -0.05) is 30.3 Å². The zero-order valence-electron chi connectivity index (χ0n) is 6.81. The van der Waals surface area contributed by atoms with Gasteiger partial charge in [0.2, 0.25) is 0 Å². The Morgan fingerprint density at radius 1 is 0.857 bits per heavy atom. The fraction of sp³-hybridized carbons (Fsp3) is 0. The van der Waals surface area contributed by atoms with Crippen LogP contribution in [0.1, 0.15) is 0 Å². The molecule has 0 bridgehead atoms. The molecule has 0 aliphatic carbocycles. The normalized spacial score (nSPS) is 10.1. The Morgan fingerprint density at radius 3 is 2.14 bits per heavy atom. The van der Waals surface area contributed by atoms with Gasteiger partial charge in [0.25, 0.3) is 0 Å². The van der Waals surface area contributed by atoms with E-state index in [1.54, 1.807) is 12.1 Å². The van der Waals surface area contributed by atoms with Gasteiger partial charge in [0.1, 0.15) is 0 Å². The van der Waals surface area contributed by atoms with Gasteiger partial charge in [-0.2, -0.15) is 0 Å². The Morgan fingerprint density at radius 2 is 1.50 bits per heavy atom. The Balaban J connectivity index is 0.000000980. The van der Waals surface area contributed by atoms with E-state index < -0.39 is 10.7 Å². The number of fused-ring (bicyclic) bond motifs is 1. The van der Waals surface area contributed by atoms with Crippen molar-refractivity contribution in [2.24, 2.45) is 0 Å². The molecule has 0 aromatic heterocycles. The van der Waals surface area contributed by atoms with Crippen molar-refractivity contribution in [3.05, 3.63) is 42.5 Å². The molecule has 2 aromatic rings. The Bertz CT molecular complexity index is 512. The first-order valence-electron chi connectivity index (χ1n) is 3.90. The zero-order chi connectivity index (χ0) is 9.26. The van der Waals surface area contributed by atoms with Crippen LogP contribution in [0.2, 0.25) is 0 Å². The first-order valence-corrected chi connectivity index (χ1v) is 5.08. The van der Waals surface area contributed by atoms with Crippen molar-refractivity contribution in [3.8, 4) is 0 Å². The van der Waals surface area contributed by atoms with E-state index in [0.717, 1.165) is 10.8 Å². The number of hydrogen-bond acceptors (Lipinski definition) is 2. The summed E-state index contributed by atoms with van der Waals surface area (Å²) in [5, 5.41) is 2.02. The summed E-state index contributed by atoms with van der Waals surface area (Å²) in [4.78, 5) is 0.369. The maximum atomic E-state index is 10.7. The maximum absolute atomic E-state index is 10.7. The van der Waals surface area contributed by atoms with Crippen LogP contribution in [0.3, 0.4) is 0 Å². The SMILES string of the molecule is O=[SH](=O)c1ccc2ccccc2c1.[NaH]. The monoisotopic (exact) mass is 216 g/mol. The van der Waals surface area contributed by atoms with Crippen molar-refractivity contribution < 1.29 is 8.42 Å². The summed E-state index contributed by atoms with van der Waals surface area (Å²) in [6, 6.07) is 12.8. The molecule has 0 saturated heterocycles. The van der Waals surface area contributed by atoms with Crippen LogP contribution < -0.4 is 0 Å². The standard InChI is InChI=1S/C10H8O2S.Na.H/c11-13(12)10-6-5-8-3-1-2-4-9(8)7-10;;/h1-7,13H;;. The van der Waals surface area contributed by atoms with Gasteiger partial charge < -0.3 is 0 Å². The Kier molecular flexibility index (Phi) is 4.13. The van der Waals surface area contributed by atoms with Gasteiger partial charge in [0.15, 0.2) is 10.7 Å². The van der Waals surface area contributed by atoms with E-state index in [-0.39, 0.29) is 29.6 Å². The van der Waals surface area contributed by atoms with E-state index in [1.807, 2.05) is 30.3 Å². The van der Waals surface area contributed by atoms with Crippen LogP contribution in [0, 0.1) is 0 Å². The van der Waals surface area contributed by atoms with E-state index in [4.69, 9.17) is 0 Å². The molecule has 0 atom stereocenters. The molecule has 0 saturated carbocycles. The molecule has 0 aliphatic heterocycles. The molecule has 2 aromatic carbocycles. The van der Waals surface area contributed by atoms with Crippen molar-refractivity contribution in [2.45, 2.75) is 4.90 Å². The van der Waals surface area contributed by atoms with Crippen LogP contribution in [0.4, 0.5) is 0 Å². The number of hydrogen-bond donors (Lipinski definition) is 1. The minimum absolute atomic E-state index is 0. The van der Waals surface area contributed by atoms with Crippen LogP contribution in [0.25, 0.3) is 10.8 Å². The molecular formula is C10H9NaO2S. The van der Waals surface area contributed by atoms with Gasteiger partial charge in [-0.15, -0.1) is 0 Å². The molecule has 0 fully saturated rings. The molecule has 0 radical (unpaired) electrons. The van der Waals surface area contributed by atoms with Crippen molar-refractivity contribution in [2.75, 3.05) is 0 Å². The second-order valence-electron chi connectivity index (χ2n) is 2.79. The predicted octanol–water partition coefficient (Wildman–Crippen LogP) is 1.16. The molecule has 0 heterocycles. The first-order chi connectivity index (χ1) is 6.27. The third kappa shape index (κ3) is 2.36. The Hall–Kier alpha value is -0.350. The summed E-state index contributed by atoms with van der Waals surface area (Å²) < 4.78 is 21.4. The molecular weight excluding hydrogens is 207 g/mol.